The normalized spacial score (nSPS) is 15.6. The Morgan fingerprint density at radius 2 is 1.82 bits per heavy atom. The Bertz CT molecular complexity index is 1310. The number of likely N-dealkylation sites (tertiary alicyclic amines) is 1. The van der Waals surface area contributed by atoms with E-state index in [1.807, 2.05) is 12.1 Å². The number of carbonyl (C=O) groups is 2. The van der Waals surface area contributed by atoms with Crippen LogP contribution in [0, 0.1) is 0 Å². The van der Waals surface area contributed by atoms with Gasteiger partial charge in [0.25, 0.3) is 0 Å². The minimum absolute atomic E-state index is 0.00900. The van der Waals surface area contributed by atoms with Gasteiger partial charge in [0.1, 0.15) is 0 Å². The second-order valence-electron chi connectivity index (χ2n) is 9.39. The Balaban J connectivity index is 1.50. The molecule has 1 fully saturated rings. The Morgan fingerprint density at radius 1 is 1.10 bits per heavy atom. The molecule has 1 aliphatic heterocycles. The van der Waals surface area contributed by atoms with Crippen LogP contribution in [0.15, 0.2) is 54.7 Å². The average Bonchev–Trinajstić information content (AvgIpc) is 2.92. The lowest BCUT2D eigenvalue weighted by atomic mass is 9.91. The van der Waals surface area contributed by atoms with E-state index in [9.17, 15) is 27.9 Å². The maximum Gasteiger partial charge on any atom is 0.419 e. The highest BCUT2D eigenvalue weighted by molar-refractivity contribution is 5.72. The number of nitrogens with zero attached hydrogens (tertiary/aromatic N) is 3. The third-order valence-electron chi connectivity index (χ3n) is 6.82. The van der Waals surface area contributed by atoms with Crippen molar-refractivity contribution in [2.24, 2.45) is 0 Å². The zero-order valence-corrected chi connectivity index (χ0v) is 21.4. The quantitative estimate of drug-likeness (QED) is 0.357. The van der Waals surface area contributed by atoms with Gasteiger partial charge in [0.05, 0.1) is 24.8 Å². The van der Waals surface area contributed by atoms with E-state index in [1.165, 1.54) is 12.0 Å². The standard InChI is InChI=1S/C28H29F3N4O4/c1-39-25(36)15-20-6-3-2-5-18(20)10-13-24-23(28(29,30)31)16-32-26(34-24)33-22-11-8-19(9-12-22)21-7-4-14-35(17-21)27(37)38/h2-3,5-6,8-9,11-12,16,21H,4,7,10,13-15,17H2,1H3,(H,37,38)(H,32,33,34). The van der Waals surface area contributed by atoms with Crippen molar-refractivity contribution < 1.29 is 32.6 Å². The molecule has 2 N–H and O–H groups in total. The molecule has 1 atom stereocenters. The summed E-state index contributed by atoms with van der Waals surface area (Å²) in [6.45, 7) is 0.951. The second kappa shape index (κ2) is 12.1. The lowest BCUT2D eigenvalue weighted by molar-refractivity contribution is -0.140. The molecule has 0 aliphatic carbocycles. The lowest BCUT2D eigenvalue weighted by Gasteiger charge is -2.31. The predicted molar refractivity (Wildman–Crippen MR) is 138 cm³/mol. The fourth-order valence-corrected chi connectivity index (χ4v) is 4.75. The maximum atomic E-state index is 13.7. The van der Waals surface area contributed by atoms with Gasteiger partial charge >= 0.3 is 18.2 Å². The van der Waals surface area contributed by atoms with Gasteiger partial charge in [-0.2, -0.15) is 13.2 Å². The SMILES string of the molecule is COC(=O)Cc1ccccc1CCc1nc(Nc2ccc(C3CCCN(C(=O)O)C3)cc2)ncc1C(F)(F)F. The number of alkyl halides is 3. The Labute approximate surface area is 223 Å². The summed E-state index contributed by atoms with van der Waals surface area (Å²) in [5.41, 5.74) is 1.96. The molecule has 4 rings (SSSR count). The van der Waals surface area contributed by atoms with E-state index in [4.69, 9.17) is 4.74 Å². The van der Waals surface area contributed by atoms with E-state index in [1.54, 1.807) is 36.4 Å². The van der Waals surface area contributed by atoms with Crippen LogP contribution in [-0.4, -0.2) is 52.2 Å². The molecule has 1 unspecified atom stereocenters. The van der Waals surface area contributed by atoms with Gasteiger partial charge in [-0.25, -0.2) is 14.8 Å². The number of aryl methyl sites for hydroxylation is 2. The number of hydrogen-bond donors (Lipinski definition) is 2. The highest BCUT2D eigenvalue weighted by Crippen LogP contribution is 2.33. The van der Waals surface area contributed by atoms with Crippen molar-refractivity contribution in [3.63, 3.8) is 0 Å². The summed E-state index contributed by atoms with van der Waals surface area (Å²) in [6, 6.07) is 14.4. The molecule has 2 heterocycles. The predicted octanol–water partition coefficient (Wildman–Crippen LogP) is 5.60. The number of esters is 1. The minimum Gasteiger partial charge on any atom is -0.469 e. The topological polar surface area (TPSA) is 105 Å². The van der Waals surface area contributed by atoms with Crippen LogP contribution >= 0.6 is 0 Å². The zero-order valence-electron chi connectivity index (χ0n) is 21.4. The number of aromatic nitrogens is 2. The molecule has 1 amide bonds. The molecule has 8 nitrogen and oxygen atoms in total. The first-order valence-corrected chi connectivity index (χ1v) is 12.6. The van der Waals surface area contributed by atoms with Crippen LogP contribution in [0.1, 0.15) is 46.7 Å². The largest absolute Gasteiger partial charge is 0.469 e. The summed E-state index contributed by atoms with van der Waals surface area (Å²) >= 11 is 0. The summed E-state index contributed by atoms with van der Waals surface area (Å²) in [4.78, 5) is 32.5. The van der Waals surface area contributed by atoms with Crippen molar-refractivity contribution in [1.82, 2.24) is 14.9 Å². The minimum atomic E-state index is -4.62. The van der Waals surface area contributed by atoms with Gasteiger partial charge < -0.3 is 20.1 Å². The number of halogens is 3. The molecule has 1 aromatic heterocycles. The molecule has 1 saturated heterocycles. The maximum absolute atomic E-state index is 13.7. The van der Waals surface area contributed by atoms with Gasteiger partial charge in [-0.1, -0.05) is 36.4 Å². The molecule has 39 heavy (non-hydrogen) atoms. The summed E-state index contributed by atoms with van der Waals surface area (Å²) in [6.07, 6.45) is -2.84. The Hall–Kier alpha value is -4.15. The monoisotopic (exact) mass is 542 g/mol. The van der Waals surface area contributed by atoms with Gasteiger partial charge in [-0.3, -0.25) is 4.79 Å². The van der Waals surface area contributed by atoms with E-state index in [0.29, 0.717) is 24.3 Å². The Kier molecular flexibility index (Phi) is 8.68. The molecule has 11 heteroatoms. The van der Waals surface area contributed by atoms with Crippen LogP contribution in [0.5, 0.6) is 0 Å². The first kappa shape index (κ1) is 27.9. The number of methoxy groups -OCH3 is 1. The molecule has 206 valence electrons. The van der Waals surface area contributed by atoms with Crippen LogP contribution in [-0.2, 0) is 35.0 Å². The van der Waals surface area contributed by atoms with Crippen molar-refractivity contribution in [2.45, 2.75) is 44.2 Å². The number of benzene rings is 2. The van der Waals surface area contributed by atoms with E-state index < -0.39 is 23.8 Å². The van der Waals surface area contributed by atoms with Crippen molar-refractivity contribution in [3.05, 3.63) is 82.7 Å². The average molecular weight is 543 g/mol. The summed E-state index contributed by atoms with van der Waals surface area (Å²) in [7, 11) is 1.28. The molecule has 0 saturated carbocycles. The third-order valence-corrected chi connectivity index (χ3v) is 6.82. The van der Waals surface area contributed by atoms with E-state index >= 15 is 0 Å². The first-order chi connectivity index (χ1) is 18.6. The number of piperidine rings is 1. The zero-order chi connectivity index (χ0) is 28.0. The molecule has 3 aromatic rings. The number of hydrogen-bond acceptors (Lipinski definition) is 6. The molecule has 0 bridgehead atoms. The van der Waals surface area contributed by atoms with Crippen LogP contribution in [0.3, 0.4) is 0 Å². The second-order valence-corrected chi connectivity index (χ2v) is 9.39. The number of carbonyl (C=O) groups excluding carboxylic acids is 1. The number of ether oxygens (including phenoxy) is 1. The molecule has 2 aromatic carbocycles. The highest BCUT2D eigenvalue weighted by atomic mass is 19.4. The van der Waals surface area contributed by atoms with Crippen molar-refractivity contribution in [3.8, 4) is 0 Å². The van der Waals surface area contributed by atoms with Crippen LogP contribution in [0.4, 0.5) is 29.6 Å². The lowest BCUT2D eigenvalue weighted by Crippen LogP contribution is -2.38. The first-order valence-electron chi connectivity index (χ1n) is 12.6. The summed E-state index contributed by atoms with van der Waals surface area (Å²) in [5.74, 6) is -0.316. The van der Waals surface area contributed by atoms with Crippen LogP contribution in [0.25, 0.3) is 0 Å². The Morgan fingerprint density at radius 3 is 2.49 bits per heavy atom. The number of amides is 1. The third kappa shape index (κ3) is 7.24. The molecule has 0 spiro atoms. The fourth-order valence-electron chi connectivity index (χ4n) is 4.75. The van der Waals surface area contributed by atoms with Gasteiger partial charge in [0.2, 0.25) is 5.95 Å². The van der Waals surface area contributed by atoms with Crippen molar-refractivity contribution >= 4 is 23.7 Å². The summed E-state index contributed by atoms with van der Waals surface area (Å²) < 4.78 is 45.9. The highest BCUT2D eigenvalue weighted by Gasteiger charge is 2.35. The summed E-state index contributed by atoms with van der Waals surface area (Å²) in [5, 5.41) is 12.2. The number of nitrogens with one attached hydrogen (secondary N) is 1. The van der Waals surface area contributed by atoms with Crippen molar-refractivity contribution in [1.29, 1.82) is 0 Å². The number of carboxylic acid groups (broad SMARTS) is 1. The van der Waals surface area contributed by atoms with Crippen LogP contribution < -0.4 is 5.32 Å². The molecular weight excluding hydrogens is 513 g/mol. The number of anilines is 2. The van der Waals surface area contributed by atoms with E-state index in [2.05, 4.69) is 15.3 Å². The fraction of sp³-hybridized carbons (Fsp3) is 0.357. The van der Waals surface area contributed by atoms with Gasteiger partial charge in [-0.15, -0.1) is 0 Å². The van der Waals surface area contributed by atoms with Crippen molar-refractivity contribution in [2.75, 3.05) is 25.5 Å². The van der Waals surface area contributed by atoms with E-state index in [0.717, 1.165) is 30.2 Å². The number of rotatable bonds is 8. The van der Waals surface area contributed by atoms with Gasteiger partial charge in [-0.05, 0) is 54.5 Å². The molecular formula is C28H29F3N4O4. The van der Waals surface area contributed by atoms with Gasteiger partial charge in [0.15, 0.2) is 0 Å². The van der Waals surface area contributed by atoms with Gasteiger partial charge in [0, 0.05) is 30.9 Å². The smallest absolute Gasteiger partial charge is 0.419 e. The molecule has 0 radical (unpaired) electrons. The van der Waals surface area contributed by atoms with Crippen LogP contribution in [0.2, 0.25) is 0 Å². The molecule has 1 aliphatic rings. The van der Waals surface area contributed by atoms with E-state index in [-0.39, 0.29) is 36.8 Å².